The molecule has 4 rings (SSSR count). The second kappa shape index (κ2) is 8.61. The number of hydrogen-bond donors (Lipinski definition) is 1. The Hall–Kier alpha value is -3.60. The maximum absolute atomic E-state index is 12.4. The highest BCUT2D eigenvalue weighted by atomic mass is 16.1. The Morgan fingerprint density at radius 1 is 1.00 bits per heavy atom. The van der Waals surface area contributed by atoms with Gasteiger partial charge < -0.3 is 5.32 Å². The fourth-order valence-corrected chi connectivity index (χ4v) is 3.23. The Bertz CT molecular complexity index is 1140. The molecule has 144 valence electrons. The second-order valence-corrected chi connectivity index (χ2v) is 7.03. The summed E-state index contributed by atoms with van der Waals surface area (Å²) in [6.45, 7) is 1.99. The second-order valence-electron chi connectivity index (χ2n) is 7.03. The highest BCUT2D eigenvalue weighted by Gasteiger charge is 2.09. The Morgan fingerprint density at radius 2 is 1.79 bits per heavy atom. The van der Waals surface area contributed by atoms with Gasteiger partial charge in [-0.25, -0.2) is 4.98 Å². The summed E-state index contributed by atoms with van der Waals surface area (Å²) in [6, 6.07) is 17.7. The maximum atomic E-state index is 12.4. The van der Waals surface area contributed by atoms with Gasteiger partial charge >= 0.3 is 0 Å². The number of fused-ring (bicyclic) bond motifs is 1. The first kappa shape index (κ1) is 18.7. The molecule has 5 nitrogen and oxygen atoms in total. The predicted molar refractivity (Wildman–Crippen MR) is 116 cm³/mol. The first-order chi connectivity index (χ1) is 14.2. The molecule has 0 bridgehead atoms. The van der Waals surface area contributed by atoms with Crippen molar-refractivity contribution in [1.82, 2.24) is 15.0 Å². The minimum atomic E-state index is 0.0175. The lowest BCUT2D eigenvalue weighted by molar-refractivity contribution is -0.116. The number of nitrogens with one attached hydrogen (secondary N) is 1. The number of hydrogen-bond acceptors (Lipinski definition) is 4. The fourth-order valence-electron chi connectivity index (χ4n) is 3.23. The minimum absolute atomic E-state index is 0.0175. The molecule has 0 saturated carbocycles. The Balaban J connectivity index is 1.45. The van der Waals surface area contributed by atoms with Crippen LogP contribution in [0.1, 0.15) is 24.0 Å². The molecule has 4 aromatic rings. The molecule has 2 aromatic heterocycles. The molecule has 0 unspecified atom stereocenters. The molecule has 0 spiro atoms. The van der Waals surface area contributed by atoms with E-state index in [1.165, 1.54) is 5.56 Å². The predicted octanol–water partition coefficient (Wildman–Crippen LogP) is 4.96. The molecule has 1 N–H and O–H groups in total. The third-order valence-electron chi connectivity index (χ3n) is 4.87. The van der Waals surface area contributed by atoms with Crippen LogP contribution in [0.2, 0.25) is 0 Å². The molecule has 5 heteroatoms. The lowest BCUT2D eigenvalue weighted by atomic mass is 10.1. The number of pyridine rings is 1. The van der Waals surface area contributed by atoms with Gasteiger partial charge in [-0.05, 0) is 61.2 Å². The number of carbonyl (C=O) groups excluding carboxylic acids is 1. The van der Waals surface area contributed by atoms with E-state index in [-0.39, 0.29) is 5.91 Å². The van der Waals surface area contributed by atoms with Crippen molar-refractivity contribution in [3.63, 3.8) is 0 Å². The highest BCUT2D eigenvalue weighted by molar-refractivity contribution is 5.92. The van der Waals surface area contributed by atoms with E-state index in [9.17, 15) is 4.79 Å². The first-order valence-corrected chi connectivity index (χ1v) is 9.70. The zero-order valence-electron chi connectivity index (χ0n) is 16.3. The van der Waals surface area contributed by atoms with Crippen LogP contribution in [0.25, 0.3) is 22.3 Å². The minimum Gasteiger partial charge on any atom is -0.326 e. The van der Waals surface area contributed by atoms with E-state index < -0.39 is 0 Å². The summed E-state index contributed by atoms with van der Waals surface area (Å²) in [6.07, 6.45) is 7.46. The van der Waals surface area contributed by atoms with Crippen molar-refractivity contribution in [2.45, 2.75) is 26.2 Å². The first-order valence-electron chi connectivity index (χ1n) is 9.70. The molecular formula is C24H22N4O. The largest absolute Gasteiger partial charge is 0.326 e. The van der Waals surface area contributed by atoms with Gasteiger partial charge in [0.15, 0.2) is 0 Å². The van der Waals surface area contributed by atoms with Gasteiger partial charge in [-0.1, -0.05) is 24.3 Å². The standard InChI is InChI=1S/C24H22N4O/c1-17-9-10-19(23-16-26-20-6-2-3-7-21(20)27-23)15-22(17)28-24(29)8-4-5-18-11-13-25-14-12-18/h2-3,6-7,9-16H,4-5,8H2,1H3,(H,28,29). The molecule has 2 heterocycles. The summed E-state index contributed by atoms with van der Waals surface area (Å²) in [4.78, 5) is 25.6. The SMILES string of the molecule is Cc1ccc(-c2cnc3ccccc3n2)cc1NC(=O)CCCc1ccncc1. The topological polar surface area (TPSA) is 67.8 Å². The van der Waals surface area contributed by atoms with Crippen LogP contribution in [0.4, 0.5) is 5.69 Å². The summed E-state index contributed by atoms with van der Waals surface area (Å²) in [5, 5.41) is 3.04. The normalized spacial score (nSPS) is 10.8. The van der Waals surface area contributed by atoms with Gasteiger partial charge in [0.1, 0.15) is 0 Å². The fraction of sp³-hybridized carbons (Fsp3) is 0.167. The highest BCUT2D eigenvalue weighted by Crippen LogP contribution is 2.25. The van der Waals surface area contributed by atoms with Gasteiger partial charge in [-0.3, -0.25) is 14.8 Å². The van der Waals surface area contributed by atoms with Crippen LogP contribution in [0.5, 0.6) is 0 Å². The molecule has 1 amide bonds. The average molecular weight is 382 g/mol. The molecule has 0 atom stereocenters. The number of benzene rings is 2. The Morgan fingerprint density at radius 3 is 2.62 bits per heavy atom. The molecule has 0 radical (unpaired) electrons. The number of amides is 1. The molecule has 0 fully saturated rings. The summed E-state index contributed by atoms with van der Waals surface area (Å²) >= 11 is 0. The average Bonchev–Trinajstić information content (AvgIpc) is 2.76. The number of carbonyl (C=O) groups is 1. The lowest BCUT2D eigenvalue weighted by Gasteiger charge is -2.11. The van der Waals surface area contributed by atoms with Crippen molar-refractivity contribution in [2.75, 3.05) is 5.32 Å². The number of aryl methyl sites for hydroxylation is 2. The van der Waals surface area contributed by atoms with Gasteiger partial charge in [-0.2, -0.15) is 0 Å². The number of anilines is 1. The summed E-state index contributed by atoms with van der Waals surface area (Å²) in [7, 11) is 0. The van der Waals surface area contributed by atoms with Crippen molar-refractivity contribution >= 4 is 22.6 Å². The zero-order chi connectivity index (χ0) is 20.1. The van der Waals surface area contributed by atoms with Crippen LogP contribution in [0.15, 0.2) is 73.2 Å². The molecule has 2 aromatic carbocycles. The van der Waals surface area contributed by atoms with Gasteiger partial charge in [0, 0.05) is 30.1 Å². The monoisotopic (exact) mass is 382 g/mol. The molecule has 0 aliphatic heterocycles. The van der Waals surface area contributed by atoms with E-state index in [1.54, 1.807) is 18.6 Å². The third kappa shape index (κ3) is 4.63. The van der Waals surface area contributed by atoms with Crippen molar-refractivity contribution in [3.05, 3.63) is 84.3 Å². The molecule has 0 aliphatic carbocycles. The molecule has 29 heavy (non-hydrogen) atoms. The molecule has 0 saturated heterocycles. The van der Waals surface area contributed by atoms with Crippen LogP contribution < -0.4 is 5.32 Å². The summed E-state index contributed by atoms with van der Waals surface area (Å²) in [5.74, 6) is 0.0175. The lowest BCUT2D eigenvalue weighted by Crippen LogP contribution is -2.12. The van der Waals surface area contributed by atoms with Crippen molar-refractivity contribution in [1.29, 1.82) is 0 Å². The van der Waals surface area contributed by atoms with E-state index >= 15 is 0 Å². The van der Waals surface area contributed by atoms with Gasteiger partial charge in [-0.15, -0.1) is 0 Å². The van der Waals surface area contributed by atoms with Crippen LogP contribution in [0.3, 0.4) is 0 Å². The van der Waals surface area contributed by atoms with E-state index in [1.807, 2.05) is 61.5 Å². The van der Waals surface area contributed by atoms with Crippen LogP contribution in [-0.4, -0.2) is 20.9 Å². The number of para-hydroxylation sites is 2. The smallest absolute Gasteiger partial charge is 0.224 e. The molecule has 0 aliphatic rings. The number of nitrogens with zero attached hydrogens (tertiary/aromatic N) is 3. The van der Waals surface area contributed by atoms with Gasteiger partial charge in [0.25, 0.3) is 0 Å². The van der Waals surface area contributed by atoms with Gasteiger partial charge in [0.2, 0.25) is 5.91 Å². The van der Waals surface area contributed by atoms with Crippen LogP contribution >= 0.6 is 0 Å². The van der Waals surface area contributed by atoms with E-state index in [4.69, 9.17) is 4.98 Å². The quantitative estimate of drug-likeness (QED) is 0.512. The summed E-state index contributed by atoms with van der Waals surface area (Å²) in [5.41, 5.74) is 6.47. The summed E-state index contributed by atoms with van der Waals surface area (Å²) < 4.78 is 0. The van der Waals surface area contributed by atoms with Gasteiger partial charge in [0.05, 0.1) is 22.9 Å². The van der Waals surface area contributed by atoms with E-state index in [0.717, 1.165) is 46.4 Å². The van der Waals surface area contributed by atoms with Crippen LogP contribution in [0, 0.1) is 6.92 Å². The third-order valence-corrected chi connectivity index (χ3v) is 4.87. The molecular weight excluding hydrogens is 360 g/mol. The number of aromatic nitrogens is 3. The Kier molecular flexibility index (Phi) is 5.56. The van der Waals surface area contributed by atoms with E-state index in [0.29, 0.717) is 6.42 Å². The maximum Gasteiger partial charge on any atom is 0.224 e. The van der Waals surface area contributed by atoms with Crippen molar-refractivity contribution in [2.24, 2.45) is 0 Å². The Labute approximate surface area is 169 Å². The van der Waals surface area contributed by atoms with Crippen LogP contribution in [-0.2, 0) is 11.2 Å². The van der Waals surface area contributed by atoms with E-state index in [2.05, 4.69) is 15.3 Å². The van der Waals surface area contributed by atoms with Crippen molar-refractivity contribution in [3.8, 4) is 11.3 Å². The number of rotatable bonds is 6. The van der Waals surface area contributed by atoms with Crippen molar-refractivity contribution < 1.29 is 4.79 Å². The zero-order valence-corrected chi connectivity index (χ0v) is 16.3.